The Morgan fingerprint density at radius 2 is 1.65 bits per heavy atom. The molecule has 0 aromatic heterocycles. The summed E-state index contributed by atoms with van der Waals surface area (Å²) in [5.74, 6) is 0. The minimum atomic E-state index is -1.41. The largest absolute Gasteiger partial charge is 0.488 e. The first-order valence-corrected chi connectivity index (χ1v) is 5.76. The van der Waals surface area contributed by atoms with Gasteiger partial charge in [-0.1, -0.05) is 55.5 Å². The minimum absolute atomic E-state index is 0.516. The second kappa shape index (κ2) is 5.17. The maximum atomic E-state index is 9.13. The SMILES string of the molecule is CCc1ccc(-c2cccc(B(O)O)c2)cc1. The summed E-state index contributed by atoms with van der Waals surface area (Å²) in [4.78, 5) is 0. The Morgan fingerprint density at radius 1 is 0.941 bits per heavy atom. The van der Waals surface area contributed by atoms with E-state index in [2.05, 4.69) is 31.2 Å². The topological polar surface area (TPSA) is 40.5 Å². The number of aryl methyl sites for hydroxylation is 1. The number of hydrogen-bond acceptors (Lipinski definition) is 2. The van der Waals surface area contributed by atoms with Crippen molar-refractivity contribution in [2.45, 2.75) is 13.3 Å². The predicted molar refractivity (Wildman–Crippen MR) is 71.1 cm³/mol. The molecule has 0 heterocycles. The van der Waals surface area contributed by atoms with Gasteiger partial charge in [-0.2, -0.15) is 0 Å². The summed E-state index contributed by atoms with van der Waals surface area (Å²) in [6.45, 7) is 2.12. The van der Waals surface area contributed by atoms with Gasteiger partial charge in [-0.3, -0.25) is 0 Å². The zero-order chi connectivity index (χ0) is 12.3. The Morgan fingerprint density at radius 3 is 2.24 bits per heavy atom. The van der Waals surface area contributed by atoms with Crippen molar-refractivity contribution in [1.29, 1.82) is 0 Å². The van der Waals surface area contributed by atoms with E-state index in [0.29, 0.717) is 5.46 Å². The Hall–Kier alpha value is -1.58. The first-order chi connectivity index (χ1) is 8.20. The number of hydrogen-bond donors (Lipinski definition) is 2. The molecule has 0 unspecified atom stereocenters. The zero-order valence-electron chi connectivity index (χ0n) is 9.80. The van der Waals surface area contributed by atoms with Gasteiger partial charge < -0.3 is 10.0 Å². The molecule has 0 amide bonds. The lowest BCUT2D eigenvalue weighted by Crippen LogP contribution is -2.29. The van der Waals surface area contributed by atoms with E-state index in [0.717, 1.165) is 17.5 Å². The van der Waals surface area contributed by atoms with E-state index in [9.17, 15) is 0 Å². The van der Waals surface area contributed by atoms with E-state index < -0.39 is 7.12 Å². The maximum Gasteiger partial charge on any atom is 0.488 e. The van der Waals surface area contributed by atoms with E-state index in [1.54, 1.807) is 12.1 Å². The molecule has 0 radical (unpaired) electrons. The number of rotatable bonds is 3. The van der Waals surface area contributed by atoms with Crippen LogP contribution < -0.4 is 5.46 Å². The van der Waals surface area contributed by atoms with Gasteiger partial charge in [0.1, 0.15) is 0 Å². The highest BCUT2D eigenvalue weighted by Crippen LogP contribution is 2.18. The van der Waals surface area contributed by atoms with Crippen molar-refractivity contribution in [1.82, 2.24) is 0 Å². The summed E-state index contributed by atoms with van der Waals surface area (Å²) < 4.78 is 0. The summed E-state index contributed by atoms with van der Waals surface area (Å²) in [7, 11) is -1.41. The Labute approximate surface area is 102 Å². The lowest BCUT2D eigenvalue weighted by atomic mass is 9.79. The van der Waals surface area contributed by atoms with Crippen molar-refractivity contribution in [2.24, 2.45) is 0 Å². The van der Waals surface area contributed by atoms with Crippen LogP contribution in [0.4, 0.5) is 0 Å². The van der Waals surface area contributed by atoms with Crippen LogP contribution in [0.2, 0.25) is 0 Å². The first kappa shape index (κ1) is 11.9. The van der Waals surface area contributed by atoms with E-state index in [4.69, 9.17) is 10.0 Å². The van der Waals surface area contributed by atoms with Gasteiger partial charge in [-0.15, -0.1) is 0 Å². The van der Waals surface area contributed by atoms with Crippen LogP contribution in [0.1, 0.15) is 12.5 Å². The average Bonchev–Trinajstić information content (AvgIpc) is 2.39. The fraction of sp³-hybridized carbons (Fsp3) is 0.143. The monoisotopic (exact) mass is 226 g/mol. The number of benzene rings is 2. The second-order valence-electron chi connectivity index (χ2n) is 4.05. The lowest BCUT2D eigenvalue weighted by molar-refractivity contribution is 0.426. The van der Waals surface area contributed by atoms with Crippen molar-refractivity contribution in [3.63, 3.8) is 0 Å². The van der Waals surface area contributed by atoms with Crippen molar-refractivity contribution >= 4 is 12.6 Å². The standard InChI is InChI=1S/C14H15BO2/c1-2-11-6-8-12(9-7-11)13-4-3-5-14(10-13)15(16)17/h3-10,16-17H,2H2,1H3. The van der Waals surface area contributed by atoms with Crippen LogP contribution in [0, 0.1) is 0 Å². The van der Waals surface area contributed by atoms with Crippen molar-refractivity contribution in [3.8, 4) is 11.1 Å². The molecular formula is C14H15BO2. The Bertz CT molecular complexity index is 492. The van der Waals surface area contributed by atoms with Gasteiger partial charge in [0.05, 0.1) is 0 Å². The summed E-state index contributed by atoms with van der Waals surface area (Å²) in [6.07, 6.45) is 1.02. The molecule has 0 atom stereocenters. The predicted octanol–water partition coefficient (Wildman–Crippen LogP) is 1.60. The summed E-state index contributed by atoms with van der Waals surface area (Å²) in [6, 6.07) is 15.6. The van der Waals surface area contributed by atoms with E-state index >= 15 is 0 Å². The molecule has 2 aromatic carbocycles. The van der Waals surface area contributed by atoms with Crippen LogP contribution in [0.3, 0.4) is 0 Å². The van der Waals surface area contributed by atoms with Crippen LogP contribution >= 0.6 is 0 Å². The molecule has 0 fully saturated rings. The minimum Gasteiger partial charge on any atom is -0.423 e. The van der Waals surface area contributed by atoms with Gasteiger partial charge in [-0.05, 0) is 28.6 Å². The quantitative estimate of drug-likeness (QED) is 0.780. The van der Waals surface area contributed by atoms with Crippen molar-refractivity contribution < 1.29 is 10.0 Å². The third kappa shape index (κ3) is 2.76. The summed E-state index contributed by atoms with van der Waals surface area (Å²) in [5.41, 5.74) is 3.90. The molecule has 2 N–H and O–H groups in total. The van der Waals surface area contributed by atoms with Crippen molar-refractivity contribution in [3.05, 3.63) is 54.1 Å². The molecule has 0 saturated carbocycles. The first-order valence-electron chi connectivity index (χ1n) is 5.76. The highest BCUT2D eigenvalue weighted by molar-refractivity contribution is 6.58. The van der Waals surface area contributed by atoms with Crippen LogP contribution in [-0.4, -0.2) is 17.2 Å². The molecule has 2 nitrogen and oxygen atoms in total. The molecule has 0 aliphatic carbocycles. The molecule has 3 heteroatoms. The highest BCUT2D eigenvalue weighted by Gasteiger charge is 2.10. The van der Waals surface area contributed by atoms with E-state index in [1.807, 2.05) is 12.1 Å². The van der Waals surface area contributed by atoms with Crippen LogP contribution in [-0.2, 0) is 6.42 Å². The Kier molecular flexibility index (Phi) is 3.62. The molecule has 0 aliphatic heterocycles. The normalized spacial score (nSPS) is 10.3. The Balaban J connectivity index is 2.35. The molecule has 86 valence electrons. The van der Waals surface area contributed by atoms with Gasteiger partial charge in [0.25, 0.3) is 0 Å². The second-order valence-corrected chi connectivity index (χ2v) is 4.05. The molecule has 0 saturated heterocycles. The van der Waals surface area contributed by atoms with Crippen LogP contribution in [0.25, 0.3) is 11.1 Å². The van der Waals surface area contributed by atoms with Crippen LogP contribution in [0.5, 0.6) is 0 Å². The zero-order valence-corrected chi connectivity index (χ0v) is 9.80. The van der Waals surface area contributed by atoms with Crippen molar-refractivity contribution in [2.75, 3.05) is 0 Å². The smallest absolute Gasteiger partial charge is 0.423 e. The van der Waals surface area contributed by atoms with Gasteiger partial charge in [0.15, 0.2) is 0 Å². The van der Waals surface area contributed by atoms with Gasteiger partial charge in [-0.25, -0.2) is 0 Å². The van der Waals surface area contributed by atoms with Crippen LogP contribution in [0.15, 0.2) is 48.5 Å². The van der Waals surface area contributed by atoms with E-state index in [-0.39, 0.29) is 0 Å². The average molecular weight is 226 g/mol. The third-order valence-corrected chi connectivity index (χ3v) is 2.88. The molecule has 17 heavy (non-hydrogen) atoms. The summed E-state index contributed by atoms with van der Waals surface area (Å²) >= 11 is 0. The third-order valence-electron chi connectivity index (χ3n) is 2.88. The fourth-order valence-corrected chi connectivity index (χ4v) is 1.81. The molecular weight excluding hydrogens is 211 g/mol. The van der Waals surface area contributed by atoms with E-state index in [1.165, 1.54) is 5.56 Å². The molecule has 0 spiro atoms. The highest BCUT2D eigenvalue weighted by atomic mass is 16.4. The molecule has 2 aromatic rings. The molecule has 0 aliphatic rings. The maximum absolute atomic E-state index is 9.13. The summed E-state index contributed by atoms with van der Waals surface area (Å²) in [5, 5.41) is 18.3. The molecule has 0 bridgehead atoms. The van der Waals surface area contributed by atoms with Gasteiger partial charge in [0.2, 0.25) is 0 Å². The fourth-order valence-electron chi connectivity index (χ4n) is 1.81. The molecule has 2 rings (SSSR count). The lowest BCUT2D eigenvalue weighted by Gasteiger charge is -2.05. The van der Waals surface area contributed by atoms with Gasteiger partial charge >= 0.3 is 7.12 Å². The van der Waals surface area contributed by atoms with Gasteiger partial charge in [0, 0.05) is 0 Å².